The van der Waals surface area contributed by atoms with Crippen LogP contribution in [0.1, 0.15) is 0 Å². The van der Waals surface area contributed by atoms with Crippen molar-refractivity contribution in [3.63, 3.8) is 0 Å². The predicted octanol–water partition coefficient (Wildman–Crippen LogP) is -8.89. The maximum Gasteiger partial charge on any atom is 3.00 e. The van der Waals surface area contributed by atoms with E-state index in [0.29, 0.717) is 0 Å². The summed E-state index contributed by atoms with van der Waals surface area (Å²) in [5.41, 5.74) is 0. The molecule has 0 N–H and O–H groups in total. The molecule has 4 nitrogen and oxygen atoms in total. The third-order valence-electron chi connectivity index (χ3n) is 0. The van der Waals surface area contributed by atoms with Gasteiger partial charge in [0.05, 0.1) is 0 Å². The first-order valence-corrected chi connectivity index (χ1v) is 2.45. The molecule has 0 rings (SSSR count). The quantitative estimate of drug-likeness (QED) is 0.291. The summed E-state index contributed by atoms with van der Waals surface area (Å²) in [6, 6.07) is 0. The standard InChI is InChI=1S/Bi.Na.O4Si.Pb/c;;1-5(2,3)4;/q+3;+1;-4;+2. The summed E-state index contributed by atoms with van der Waals surface area (Å²) in [6.07, 6.45) is 0. The molecule has 0 bridgehead atoms. The van der Waals surface area contributed by atoms with Gasteiger partial charge in [-0.2, -0.15) is 0 Å². The van der Waals surface area contributed by atoms with Crippen LogP contribution < -0.4 is 48.7 Å². The summed E-state index contributed by atoms with van der Waals surface area (Å²) in [6.45, 7) is 0. The maximum absolute atomic E-state index is 8.58. The molecule has 0 fully saturated rings. The minimum absolute atomic E-state index is 0. The van der Waals surface area contributed by atoms with Crippen LogP contribution >= 0.6 is 0 Å². The van der Waals surface area contributed by atoms with Gasteiger partial charge in [0.15, 0.2) is 0 Å². The topological polar surface area (TPSA) is 92.2 Å². The molecule has 36 valence electrons. The number of hydrogen-bond acceptors (Lipinski definition) is 4. The molecule has 0 heterocycles. The van der Waals surface area contributed by atoms with E-state index in [-0.39, 0.29) is 83.1 Å². The Balaban J connectivity index is -0.0000000267. The predicted molar refractivity (Wildman–Crippen MR) is 17.3 cm³/mol. The van der Waals surface area contributed by atoms with Crippen LogP contribution in [-0.2, 0) is 0 Å². The molecule has 0 aliphatic heterocycles. The summed E-state index contributed by atoms with van der Waals surface area (Å²) in [5.74, 6) is 0. The van der Waals surface area contributed by atoms with Crippen molar-refractivity contribution in [2.45, 2.75) is 0 Å². The van der Waals surface area contributed by atoms with Crippen LogP contribution in [0.4, 0.5) is 0 Å². The zero-order chi connectivity index (χ0) is 4.50. The van der Waals surface area contributed by atoms with E-state index < -0.39 is 9.05 Å². The second kappa shape index (κ2) is 9.86. The first-order valence-electron chi connectivity index (χ1n) is 0.816. The van der Waals surface area contributed by atoms with Gasteiger partial charge in [-0.05, 0) is 0 Å². The first-order chi connectivity index (χ1) is 2.00. The van der Waals surface area contributed by atoms with Crippen molar-refractivity contribution < 1.29 is 48.7 Å². The van der Waals surface area contributed by atoms with Gasteiger partial charge < -0.3 is 28.2 Å². The molecule has 0 spiro atoms. The minimum atomic E-state index is -5.61. The fourth-order valence-corrected chi connectivity index (χ4v) is 0. The minimum Gasteiger partial charge on any atom is -0.894 e. The Labute approximate surface area is 109 Å². The summed E-state index contributed by atoms with van der Waals surface area (Å²) in [5, 5.41) is 0. The fraction of sp³-hybridized carbons (Fsp3) is 0. The average Bonchev–Trinajstić information content (AvgIpc) is 0.722. The molecule has 8 heteroatoms. The van der Waals surface area contributed by atoms with E-state index in [1.807, 2.05) is 0 Å². The van der Waals surface area contributed by atoms with E-state index in [4.69, 9.17) is 19.2 Å². The van der Waals surface area contributed by atoms with Crippen LogP contribution in [0, 0.1) is 0 Å². The second-order valence-electron chi connectivity index (χ2n) is 0.500. The van der Waals surface area contributed by atoms with Crippen molar-refractivity contribution >= 4 is 62.6 Å². The van der Waals surface area contributed by atoms with Gasteiger partial charge in [-0.1, -0.05) is 0 Å². The average molecular weight is 531 g/mol. The monoisotopic (exact) mass is 532 g/mol. The van der Waals surface area contributed by atoms with Crippen LogP contribution in [0.25, 0.3) is 0 Å². The smallest absolute Gasteiger partial charge is 0.894 e. The van der Waals surface area contributed by atoms with Gasteiger partial charge in [0.25, 0.3) is 0 Å². The Hall–Kier alpha value is 2.86. The molecule has 0 atom stereocenters. The third kappa shape index (κ3) is 66.9. The third-order valence-corrected chi connectivity index (χ3v) is 0. The first kappa shape index (κ1) is 22.4. The van der Waals surface area contributed by atoms with Crippen LogP contribution in [0.5, 0.6) is 0 Å². The van der Waals surface area contributed by atoms with Crippen LogP contribution in [-0.4, -0.2) is 62.6 Å². The normalized spacial score (nSPS) is 7.50. The van der Waals surface area contributed by atoms with Crippen molar-refractivity contribution in [2.24, 2.45) is 0 Å². The Morgan fingerprint density at radius 2 is 0.875 bits per heavy atom. The molecule has 8 heavy (non-hydrogen) atoms. The second-order valence-corrected chi connectivity index (χ2v) is 1.50. The van der Waals surface area contributed by atoms with Gasteiger partial charge in [-0.3, -0.25) is 0 Å². The Morgan fingerprint density at radius 3 is 0.875 bits per heavy atom. The Bertz CT molecular complexity index is 31.5. The summed E-state index contributed by atoms with van der Waals surface area (Å²) in [4.78, 5) is 34.3. The van der Waals surface area contributed by atoms with Crippen LogP contribution in [0.15, 0.2) is 0 Å². The number of hydrogen-bond donors (Lipinski definition) is 0. The van der Waals surface area contributed by atoms with Gasteiger partial charge >= 0.3 is 83.1 Å². The molecule has 0 unspecified atom stereocenters. The van der Waals surface area contributed by atoms with Crippen LogP contribution in [0.2, 0.25) is 0 Å². The molecule has 0 aromatic rings. The van der Waals surface area contributed by atoms with Crippen molar-refractivity contribution in [2.75, 3.05) is 0 Å². The molecular weight excluding hydrogens is 531 g/mol. The van der Waals surface area contributed by atoms with E-state index >= 15 is 0 Å². The molecule has 0 saturated carbocycles. The van der Waals surface area contributed by atoms with Gasteiger partial charge in [-0.15, -0.1) is 0 Å². The summed E-state index contributed by atoms with van der Waals surface area (Å²) >= 11 is 0. The van der Waals surface area contributed by atoms with E-state index in [9.17, 15) is 0 Å². The maximum atomic E-state index is 8.58. The van der Waals surface area contributed by atoms with Crippen molar-refractivity contribution in [1.82, 2.24) is 0 Å². The fourth-order valence-electron chi connectivity index (χ4n) is 0. The zero-order valence-corrected chi connectivity index (χ0v) is 14.4. The Morgan fingerprint density at radius 1 is 0.875 bits per heavy atom. The largest absolute Gasteiger partial charge is 3.00 e. The van der Waals surface area contributed by atoms with Gasteiger partial charge in [-0.25, -0.2) is 0 Å². The van der Waals surface area contributed by atoms with Crippen molar-refractivity contribution in [3.8, 4) is 0 Å². The zero-order valence-electron chi connectivity index (χ0n) is 4.08. The molecule has 0 aliphatic carbocycles. The number of rotatable bonds is 0. The van der Waals surface area contributed by atoms with Gasteiger partial charge in [0, 0.05) is 0 Å². The molecular formula is BiNaO4PbSi+2. The SMILES string of the molecule is [Bi+3].[Na+].[O-][Si]([O-])([O-])[O-].[Pb+2]. The molecule has 4 radical (unpaired) electrons. The summed E-state index contributed by atoms with van der Waals surface area (Å²) in [7, 11) is -5.61. The summed E-state index contributed by atoms with van der Waals surface area (Å²) < 4.78 is 0. The van der Waals surface area contributed by atoms with E-state index in [2.05, 4.69) is 0 Å². The van der Waals surface area contributed by atoms with Gasteiger partial charge in [0.2, 0.25) is 0 Å². The van der Waals surface area contributed by atoms with Crippen molar-refractivity contribution in [1.29, 1.82) is 0 Å². The van der Waals surface area contributed by atoms with E-state index in [0.717, 1.165) is 0 Å². The van der Waals surface area contributed by atoms with Crippen molar-refractivity contribution in [3.05, 3.63) is 0 Å². The molecule has 0 aromatic heterocycles. The molecule has 0 aromatic carbocycles. The molecule has 0 amide bonds. The van der Waals surface area contributed by atoms with Gasteiger partial charge in [0.1, 0.15) is 0 Å². The molecule has 0 aliphatic rings. The Kier molecular flexibility index (Phi) is 27.7. The molecule has 0 saturated heterocycles. The van der Waals surface area contributed by atoms with E-state index in [1.165, 1.54) is 0 Å². The van der Waals surface area contributed by atoms with E-state index in [1.54, 1.807) is 0 Å². The van der Waals surface area contributed by atoms with Crippen LogP contribution in [0.3, 0.4) is 0 Å².